The van der Waals surface area contributed by atoms with E-state index in [0.717, 1.165) is 12.0 Å². The summed E-state index contributed by atoms with van der Waals surface area (Å²) in [5.74, 6) is -1.08. The van der Waals surface area contributed by atoms with E-state index >= 15 is 0 Å². The van der Waals surface area contributed by atoms with Gasteiger partial charge in [-0.05, 0) is 45.6 Å². The first kappa shape index (κ1) is 21.9. The second-order valence-corrected chi connectivity index (χ2v) is 9.40. The summed E-state index contributed by atoms with van der Waals surface area (Å²) in [5, 5.41) is 12.2. The van der Waals surface area contributed by atoms with Crippen molar-refractivity contribution in [1.82, 2.24) is 10.2 Å². The lowest BCUT2D eigenvalue weighted by atomic mass is 9.62. The summed E-state index contributed by atoms with van der Waals surface area (Å²) in [5.41, 5.74) is -0.805. The number of nitrogens with zero attached hydrogens (tertiary/aromatic N) is 1. The molecular weight excluding hydrogens is 388 g/mol. The van der Waals surface area contributed by atoms with Crippen LogP contribution >= 0.6 is 0 Å². The monoisotopic (exact) mass is 418 g/mol. The third-order valence-electron chi connectivity index (χ3n) is 5.78. The molecule has 164 valence electrons. The highest BCUT2D eigenvalue weighted by molar-refractivity contribution is 5.74. The molecule has 3 aliphatic rings. The largest absolute Gasteiger partial charge is 0.481 e. The van der Waals surface area contributed by atoms with Crippen LogP contribution in [-0.4, -0.2) is 51.9 Å². The summed E-state index contributed by atoms with van der Waals surface area (Å²) in [4.78, 5) is 38.2. The quantitative estimate of drug-likeness (QED) is 0.734. The maximum Gasteiger partial charge on any atom is 0.410 e. The van der Waals surface area contributed by atoms with Crippen molar-refractivity contribution in [2.75, 3.05) is 6.54 Å². The molecule has 4 unspecified atom stereocenters. The highest BCUT2D eigenvalue weighted by Gasteiger charge is 2.61. The third kappa shape index (κ3) is 4.86. The number of nitrogens with one attached hydrogen (secondary N) is 1. The Morgan fingerprint density at radius 2 is 1.83 bits per heavy atom. The van der Waals surface area contributed by atoms with E-state index < -0.39 is 29.3 Å². The molecule has 0 aromatic heterocycles. The van der Waals surface area contributed by atoms with Crippen molar-refractivity contribution < 1.29 is 29.0 Å². The number of carboxylic acids is 1. The number of benzene rings is 1. The van der Waals surface area contributed by atoms with Crippen molar-refractivity contribution in [2.24, 2.45) is 11.8 Å². The molecule has 3 fully saturated rings. The number of alkyl carbamates (subject to hydrolysis) is 1. The summed E-state index contributed by atoms with van der Waals surface area (Å²) in [6.07, 6.45) is -0.549. The fraction of sp³-hybridized carbons (Fsp3) is 0.591. The predicted octanol–water partition coefficient (Wildman–Crippen LogP) is 3.40. The summed E-state index contributed by atoms with van der Waals surface area (Å²) < 4.78 is 10.8. The van der Waals surface area contributed by atoms with Gasteiger partial charge in [0.1, 0.15) is 12.2 Å². The number of amides is 2. The second-order valence-electron chi connectivity index (χ2n) is 9.40. The highest BCUT2D eigenvalue weighted by atomic mass is 16.6. The maximum atomic E-state index is 12.5. The fourth-order valence-corrected chi connectivity index (χ4v) is 4.65. The van der Waals surface area contributed by atoms with Gasteiger partial charge in [0.25, 0.3) is 0 Å². The van der Waals surface area contributed by atoms with E-state index in [1.165, 1.54) is 0 Å². The first-order chi connectivity index (χ1) is 14.0. The van der Waals surface area contributed by atoms with Gasteiger partial charge in [0.2, 0.25) is 0 Å². The lowest BCUT2D eigenvalue weighted by molar-refractivity contribution is -0.139. The van der Waals surface area contributed by atoms with Gasteiger partial charge in [-0.25, -0.2) is 9.59 Å². The van der Waals surface area contributed by atoms with Crippen LogP contribution in [0.5, 0.6) is 0 Å². The molecule has 0 radical (unpaired) electrons. The molecule has 1 aliphatic carbocycles. The molecule has 1 aromatic rings. The SMILES string of the molecule is CC(C)(C)OC(=O)N1CC2CC1C2C(C)(CC(=O)O)NC(=O)OCc1ccccc1. The highest BCUT2D eigenvalue weighted by Crippen LogP contribution is 2.52. The number of fused-ring (bicyclic) bond motifs is 1. The number of rotatable bonds is 6. The maximum absolute atomic E-state index is 12.5. The van der Waals surface area contributed by atoms with Crippen LogP contribution in [0.4, 0.5) is 9.59 Å². The molecule has 0 spiro atoms. The van der Waals surface area contributed by atoms with Crippen molar-refractivity contribution in [1.29, 1.82) is 0 Å². The van der Waals surface area contributed by atoms with Gasteiger partial charge in [0.15, 0.2) is 0 Å². The van der Waals surface area contributed by atoms with Gasteiger partial charge in [0, 0.05) is 18.5 Å². The van der Waals surface area contributed by atoms with Gasteiger partial charge in [-0.1, -0.05) is 30.3 Å². The Balaban J connectivity index is 1.67. The Morgan fingerprint density at radius 1 is 1.17 bits per heavy atom. The van der Waals surface area contributed by atoms with Crippen LogP contribution in [0.2, 0.25) is 0 Å². The Hall–Kier alpha value is -2.77. The van der Waals surface area contributed by atoms with Crippen LogP contribution in [-0.2, 0) is 20.9 Å². The molecule has 2 saturated heterocycles. The first-order valence-corrected chi connectivity index (χ1v) is 10.2. The number of hydrogen-bond donors (Lipinski definition) is 2. The summed E-state index contributed by atoms with van der Waals surface area (Å²) in [7, 11) is 0. The van der Waals surface area contributed by atoms with Crippen LogP contribution in [0.3, 0.4) is 0 Å². The van der Waals surface area contributed by atoms with Gasteiger partial charge < -0.3 is 24.8 Å². The Bertz CT molecular complexity index is 806. The van der Waals surface area contributed by atoms with Crippen molar-refractivity contribution in [3.63, 3.8) is 0 Å². The molecule has 4 rings (SSSR count). The Kier molecular flexibility index (Phi) is 5.97. The lowest BCUT2D eigenvalue weighted by Crippen LogP contribution is -2.62. The van der Waals surface area contributed by atoms with E-state index in [0.29, 0.717) is 6.54 Å². The van der Waals surface area contributed by atoms with Gasteiger partial charge in [0.05, 0.1) is 12.0 Å². The number of carboxylic acid groups (broad SMARTS) is 1. The molecule has 1 saturated carbocycles. The first-order valence-electron chi connectivity index (χ1n) is 10.2. The molecule has 2 bridgehead atoms. The van der Waals surface area contributed by atoms with E-state index in [1.807, 2.05) is 51.1 Å². The zero-order chi connectivity index (χ0) is 22.1. The van der Waals surface area contributed by atoms with Crippen molar-refractivity contribution in [3.8, 4) is 0 Å². The van der Waals surface area contributed by atoms with Crippen LogP contribution in [0.1, 0.15) is 46.1 Å². The van der Waals surface area contributed by atoms with Gasteiger partial charge >= 0.3 is 18.2 Å². The lowest BCUT2D eigenvalue weighted by Gasteiger charge is -2.47. The minimum absolute atomic E-state index is 0.0946. The third-order valence-corrected chi connectivity index (χ3v) is 5.78. The Labute approximate surface area is 176 Å². The number of carbonyl (C=O) groups is 3. The number of hydrogen-bond acceptors (Lipinski definition) is 5. The summed E-state index contributed by atoms with van der Waals surface area (Å²) in [6, 6.07) is 9.09. The molecule has 8 nitrogen and oxygen atoms in total. The van der Waals surface area contributed by atoms with E-state index in [1.54, 1.807) is 11.8 Å². The van der Waals surface area contributed by atoms with E-state index in [-0.39, 0.29) is 30.9 Å². The zero-order valence-electron chi connectivity index (χ0n) is 17.9. The van der Waals surface area contributed by atoms with Gasteiger partial charge in [-0.15, -0.1) is 0 Å². The molecule has 2 N–H and O–H groups in total. The molecule has 4 atom stereocenters. The molecule has 8 heteroatoms. The van der Waals surface area contributed by atoms with E-state index in [4.69, 9.17) is 9.47 Å². The van der Waals surface area contributed by atoms with E-state index in [9.17, 15) is 19.5 Å². The summed E-state index contributed by atoms with van der Waals surface area (Å²) >= 11 is 0. The van der Waals surface area contributed by atoms with Crippen molar-refractivity contribution in [3.05, 3.63) is 35.9 Å². The zero-order valence-corrected chi connectivity index (χ0v) is 17.9. The topological polar surface area (TPSA) is 105 Å². The average Bonchev–Trinajstić information content (AvgIpc) is 3.19. The number of carbonyl (C=O) groups excluding carboxylic acids is 2. The van der Waals surface area contributed by atoms with E-state index in [2.05, 4.69) is 5.32 Å². The van der Waals surface area contributed by atoms with Gasteiger partial charge in [-0.3, -0.25) is 4.79 Å². The predicted molar refractivity (Wildman–Crippen MR) is 109 cm³/mol. The second kappa shape index (κ2) is 8.16. The number of aliphatic carboxylic acids is 1. The summed E-state index contributed by atoms with van der Waals surface area (Å²) in [6.45, 7) is 7.73. The van der Waals surface area contributed by atoms with Crippen LogP contribution in [0, 0.1) is 11.8 Å². The van der Waals surface area contributed by atoms with Crippen LogP contribution < -0.4 is 5.32 Å². The molecule has 2 amide bonds. The minimum Gasteiger partial charge on any atom is -0.481 e. The molecular formula is C22H30N2O6. The average molecular weight is 418 g/mol. The van der Waals surface area contributed by atoms with Crippen LogP contribution in [0.25, 0.3) is 0 Å². The Morgan fingerprint density at radius 3 is 2.43 bits per heavy atom. The standard InChI is InChI=1S/C22H30N2O6/c1-21(2,3)30-20(28)24-12-15-10-16(24)18(15)22(4,11-17(25)26)23-19(27)29-13-14-8-6-5-7-9-14/h5-9,15-16,18H,10-13H2,1-4H3,(H,23,27)(H,25,26). The fourth-order valence-electron chi connectivity index (χ4n) is 4.65. The van der Waals surface area contributed by atoms with Crippen molar-refractivity contribution >= 4 is 18.2 Å². The van der Waals surface area contributed by atoms with Crippen molar-refractivity contribution in [2.45, 2.75) is 64.3 Å². The molecule has 2 heterocycles. The van der Waals surface area contributed by atoms with Crippen LogP contribution in [0.15, 0.2) is 30.3 Å². The molecule has 2 aliphatic heterocycles. The van der Waals surface area contributed by atoms with Gasteiger partial charge in [-0.2, -0.15) is 0 Å². The normalized spacial score (nSPS) is 24.4. The smallest absolute Gasteiger partial charge is 0.410 e. The molecule has 1 aromatic carbocycles. The minimum atomic E-state index is -1.04. The molecule has 30 heavy (non-hydrogen) atoms. The number of ether oxygens (including phenoxy) is 2.